The minimum atomic E-state index is -1.33. The Balaban J connectivity index is 1.21. The van der Waals surface area contributed by atoms with Gasteiger partial charge in [0.25, 0.3) is 11.8 Å². The van der Waals surface area contributed by atoms with E-state index in [1.54, 1.807) is 11.0 Å². The number of hydrogen-bond acceptors (Lipinski definition) is 8. The van der Waals surface area contributed by atoms with Crippen LogP contribution < -0.4 is 31.3 Å². The molecule has 0 aliphatic carbocycles. The standard InChI is InChI=1S/C28H32N10O4/c1-27(2)8-9-42-20-15(4-3-5-16(20)27)23(40)34-19-13-38-26(31)35-18(21-28(38,22(19)39)37-25(30)36-21)12-33-24(41)17-7-6-14(10-29)11-32-17/h3-7,11,18-19,21-22,39H,8-9,12-13H2,1-2H3,(H2,31,35)(H,33,41)(H,34,40)(H3,30,36,37)/t18-,19?,21-,22+,28?/m0/s1. The van der Waals surface area contributed by atoms with Crippen LogP contribution in [-0.4, -0.2) is 88.3 Å². The van der Waals surface area contributed by atoms with Gasteiger partial charge in [-0.2, -0.15) is 5.26 Å². The maximum atomic E-state index is 13.5. The second-order valence-electron chi connectivity index (χ2n) is 11.6. The van der Waals surface area contributed by atoms with Gasteiger partial charge in [-0.1, -0.05) is 26.0 Å². The Morgan fingerprint density at radius 2 is 2.05 bits per heavy atom. The maximum absolute atomic E-state index is 13.5. The number of nitrogens with one attached hydrogen (secondary N) is 7. The van der Waals surface area contributed by atoms with E-state index in [-0.39, 0.29) is 36.1 Å². The zero-order valence-corrected chi connectivity index (χ0v) is 23.1. The lowest BCUT2D eigenvalue weighted by Gasteiger charge is -2.49. The molecule has 5 heterocycles. The smallest absolute Gasteiger partial charge is 0.269 e. The highest BCUT2D eigenvalue weighted by molar-refractivity contribution is 5.98. The number of aliphatic hydroxyl groups is 1. The Morgan fingerprint density at radius 3 is 2.79 bits per heavy atom. The van der Waals surface area contributed by atoms with E-state index in [4.69, 9.17) is 20.8 Å². The van der Waals surface area contributed by atoms with Gasteiger partial charge in [0.2, 0.25) is 0 Å². The summed E-state index contributed by atoms with van der Waals surface area (Å²) in [6, 6.07) is 8.33. The lowest BCUT2D eigenvalue weighted by atomic mass is 9.79. The first kappa shape index (κ1) is 27.3. The Morgan fingerprint density at radius 1 is 1.24 bits per heavy atom. The molecule has 14 heteroatoms. The average Bonchev–Trinajstić information content (AvgIpc) is 3.47. The third kappa shape index (κ3) is 4.24. The molecule has 4 aliphatic rings. The van der Waals surface area contributed by atoms with Crippen LogP contribution in [0.1, 0.15) is 52.2 Å². The molecule has 8 N–H and O–H groups in total. The van der Waals surface area contributed by atoms with Crippen molar-refractivity contribution in [3.8, 4) is 11.8 Å². The SMILES string of the molecule is CC1(C)CCOc2c(C(=O)NC3CN4C(=N)N[C@@H](CNC(=O)c5ccc(C#N)cn5)[C@@H]5NC(=N)NC54[C@@H]3O)cccc21. The minimum Gasteiger partial charge on any atom is -0.492 e. The molecule has 5 atom stereocenters. The van der Waals surface area contributed by atoms with Crippen molar-refractivity contribution in [2.45, 2.75) is 55.6 Å². The largest absolute Gasteiger partial charge is 0.492 e. The van der Waals surface area contributed by atoms with Gasteiger partial charge in [0, 0.05) is 24.8 Å². The average molecular weight is 573 g/mol. The van der Waals surface area contributed by atoms with Crippen molar-refractivity contribution >= 4 is 23.7 Å². The molecule has 4 aliphatic heterocycles. The van der Waals surface area contributed by atoms with Crippen LogP contribution in [0.25, 0.3) is 0 Å². The van der Waals surface area contributed by atoms with Gasteiger partial charge in [0.15, 0.2) is 17.6 Å². The van der Waals surface area contributed by atoms with Gasteiger partial charge < -0.3 is 41.3 Å². The fraction of sp³-hybridized carbons (Fsp3) is 0.429. The van der Waals surface area contributed by atoms with Gasteiger partial charge in [-0.15, -0.1) is 0 Å². The second-order valence-corrected chi connectivity index (χ2v) is 11.6. The molecule has 2 aromatic rings. The topological polar surface area (TPSA) is 211 Å². The quantitative estimate of drug-likeness (QED) is 0.226. The van der Waals surface area contributed by atoms with Crippen molar-refractivity contribution in [2.75, 3.05) is 19.7 Å². The van der Waals surface area contributed by atoms with Crippen molar-refractivity contribution in [1.29, 1.82) is 16.1 Å². The Kier molecular flexibility index (Phi) is 6.42. The maximum Gasteiger partial charge on any atom is 0.269 e. The number of rotatable bonds is 5. The molecule has 218 valence electrons. The fourth-order valence-corrected chi connectivity index (χ4v) is 6.38. The first-order valence-corrected chi connectivity index (χ1v) is 13.7. The van der Waals surface area contributed by atoms with Gasteiger partial charge in [-0.25, -0.2) is 4.98 Å². The number of ether oxygens (including phenoxy) is 1. The number of nitrogens with zero attached hydrogens (tertiary/aromatic N) is 3. The number of pyridine rings is 1. The molecule has 0 radical (unpaired) electrons. The molecule has 3 saturated heterocycles. The van der Waals surface area contributed by atoms with Crippen molar-refractivity contribution in [3.05, 3.63) is 58.9 Å². The highest BCUT2D eigenvalue weighted by atomic mass is 16.5. The van der Waals surface area contributed by atoms with Crippen LogP contribution in [-0.2, 0) is 5.41 Å². The Hall–Kier alpha value is -4.90. The first-order chi connectivity index (χ1) is 20.0. The number of para-hydroxylation sites is 1. The van der Waals surface area contributed by atoms with Crippen LogP contribution in [0.4, 0.5) is 0 Å². The van der Waals surface area contributed by atoms with E-state index in [1.807, 2.05) is 18.2 Å². The number of amides is 2. The summed E-state index contributed by atoms with van der Waals surface area (Å²) in [4.78, 5) is 31.9. The molecule has 1 aromatic heterocycles. The summed E-state index contributed by atoms with van der Waals surface area (Å²) in [5, 5.41) is 52.5. The predicted octanol–water partition coefficient (Wildman–Crippen LogP) is -0.683. The number of fused-ring (bicyclic) bond motifs is 1. The molecule has 0 saturated carbocycles. The number of aliphatic hydroxyl groups excluding tert-OH is 1. The van der Waals surface area contributed by atoms with Crippen LogP contribution in [0.5, 0.6) is 5.75 Å². The first-order valence-electron chi connectivity index (χ1n) is 13.7. The van der Waals surface area contributed by atoms with Gasteiger partial charge in [0.05, 0.1) is 35.9 Å². The molecule has 6 rings (SSSR count). The van der Waals surface area contributed by atoms with Crippen LogP contribution in [0.3, 0.4) is 0 Å². The van der Waals surface area contributed by atoms with E-state index in [1.165, 1.54) is 18.3 Å². The molecule has 3 fully saturated rings. The molecule has 14 nitrogen and oxygen atoms in total. The van der Waals surface area contributed by atoms with Gasteiger partial charge in [-0.05, 0) is 30.0 Å². The van der Waals surface area contributed by atoms with Gasteiger partial charge >= 0.3 is 0 Å². The van der Waals surface area contributed by atoms with Crippen LogP contribution in [0, 0.1) is 22.1 Å². The minimum absolute atomic E-state index is 0.0241. The van der Waals surface area contributed by atoms with Crippen LogP contribution in [0.15, 0.2) is 36.5 Å². The fourth-order valence-electron chi connectivity index (χ4n) is 6.38. The van der Waals surface area contributed by atoms with Crippen LogP contribution >= 0.6 is 0 Å². The Labute approximate surface area is 241 Å². The summed E-state index contributed by atoms with van der Waals surface area (Å²) in [6.07, 6.45) is 0.915. The molecular formula is C28H32N10O4. The van der Waals surface area contributed by atoms with Crippen molar-refractivity contribution in [1.82, 2.24) is 36.5 Å². The third-order valence-electron chi connectivity index (χ3n) is 8.64. The molecule has 2 amide bonds. The zero-order chi connectivity index (χ0) is 29.8. The predicted molar refractivity (Wildman–Crippen MR) is 150 cm³/mol. The zero-order valence-electron chi connectivity index (χ0n) is 23.1. The summed E-state index contributed by atoms with van der Waals surface area (Å²) in [7, 11) is 0. The van der Waals surface area contributed by atoms with E-state index < -0.39 is 41.7 Å². The van der Waals surface area contributed by atoms with Crippen molar-refractivity contribution in [2.24, 2.45) is 0 Å². The molecule has 1 spiro atoms. The number of guanidine groups is 2. The van der Waals surface area contributed by atoms with Crippen LogP contribution in [0.2, 0.25) is 0 Å². The normalized spacial score (nSPS) is 28.5. The highest BCUT2D eigenvalue weighted by Gasteiger charge is 2.66. The summed E-state index contributed by atoms with van der Waals surface area (Å²) in [5.74, 6) is -0.411. The second kappa shape index (κ2) is 9.88. The monoisotopic (exact) mass is 572 g/mol. The number of benzene rings is 1. The molecule has 1 aromatic carbocycles. The summed E-state index contributed by atoms with van der Waals surface area (Å²) >= 11 is 0. The lowest BCUT2D eigenvalue weighted by molar-refractivity contribution is 0.00611. The lowest BCUT2D eigenvalue weighted by Crippen LogP contribution is -2.78. The number of hydrogen-bond donors (Lipinski definition) is 8. The van der Waals surface area contributed by atoms with Crippen molar-refractivity contribution < 1.29 is 19.4 Å². The number of nitriles is 1. The van der Waals surface area contributed by atoms with E-state index in [0.29, 0.717) is 23.5 Å². The summed E-state index contributed by atoms with van der Waals surface area (Å²) in [6.45, 7) is 4.86. The summed E-state index contributed by atoms with van der Waals surface area (Å²) < 4.78 is 5.92. The third-order valence-corrected chi connectivity index (χ3v) is 8.64. The molecule has 42 heavy (non-hydrogen) atoms. The molecular weight excluding hydrogens is 540 g/mol. The van der Waals surface area contributed by atoms with E-state index in [2.05, 4.69) is 45.4 Å². The van der Waals surface area contributed by atoms with E-state index >= 15 is 0 Å². The van der Waals surface area contributed by atoms with Crippen molar-refractivity contribution in [3.63, 3.8) is 0 Å². The van der Waals surface area contributed by atoms with E-state index in [0.717, 1.165) is 12.0 Å². The number of carbonyl (C=O) groups is 2. The Bertz CT molecular complexity index is 1520. The molecule has 2 unspecified atom stereocenters. The van der Waals surface area contributed by atoms with Gasteiger partial charge in [-0.3, -0.25) is 20.4 Å². The van der Waals surface area contributed by atoms with Gasteiger partial charge in [0.1, 0.15) is 23.6 Å². The number of aromatic nitrogens is 1. The van der Waals surface area contributed by atoms with E-state index in [9.17, 15) is 14.7 Å². The number of carbonyl (C=O) groups excluding carboxylic acids is 2. The summed E-state index contributed by atoms with van der Waals surface area (Å²) in [5.41, 5.74) is 0.309. The highest BCUT2D eigenvalue weighted by Crippen LogP contribution is 2.41. The molecule has 0 bridgehead atoms.